The molecule has 0 aliphatic heterocycles. The van der Waals surface area contributed by atoms with Crippen molar-refractivity contribution >= 4 is 8.32 Å². The van der Waals surface area contributed by atoms with E-state index in [2.05, 4.69) is 47.7 Å². The molecular weight excluding hydrogens is 288 g/mol. The second kappa shape index (κ2) is 6.21. The molecule has 1 N–H and O–H groups in total. The topological polar surface area (TPSA) is 29.5 Å². The first-order valence-corrected chi connectivity index (χ1v) is 12.2. The van der Waals surface area contributed by atoms with Crippen LogP contribution in [0.4, 0.5) is 0 Å². The van der Waals surface area contributed by atoms with Crippen LogP contribution in [-0.2, 0) is 4.43 Å². The lowest BCUT2D eigenvalue weighted by atomic mass is 9.62. The predicted octanol–water partition coefficient (Wildman–Crippen LogP) is 5.22. The molecule has 0 amide bonds. The highest BCUT2D eigenvalue weighted by Gasteiger charge is 2.54. The van der Waals surface area contributed by atoms with Crippen molar-refractivity contribution in [3.63, 3.8) is 0 Å². The summed E-state index contributed by atoms with van der Waals surface area (Å²) >= 11 is 0. The molecule has 5 atom stereocenters. The number of fused-ring (bicyclic) bond motifs is 1. The largest absolute Gasteiger partial charge is 0.414 e. The fraction of sp³-hybridized carbons (Fsp3) is 1.00. The standard InChI is InChI=1S/C19H38O2Si/c1-14(13-20)15-10-11-16-17(9-8-12-19(15,16)5)21-22(6,7)18(2,3)4/h14-17,20H,8-13H2,1-7H3/t14?,15-,16-,17?,19-/m1/s1. The second-order valence-electron chi connectivity index (χ2n) is 9.76. The summed E-state index contributed by atoms with van der Waals surface area (Å²) in [6, 6.07) is 0. The zero-order valence-corrected chi connectivity index (χ0v) is 16.9. The van der Waals surface area contributed by atoms with E-state index in [1.807, 2.05) is 0 Å². The van der Waals surface area contributed by atoms with E-state index >= 15 is 0 Å². The van der Waals surface area contributed by atoms with E-state index in [0.717, 1.165) is 0 Å². The van der Waals surface area contributed by atoms with Crippen molar-refractivity contribution in [1.82, 2.24) is 0 Å². The summed E-state index contributed by atoms with van der Waals surface area (Å²) in [4.78, 5) is 0. The average Bonchev–Trinajstić information content (AvgIpc) is 2.74. The van der Waals surface area contributed by atoms with Crippen LogP contribution in [0.25, 0.3) is 0 Å². The van der Waals surface area contributed by atoms with Gasteiger partial charge in [0.15, 0.2) is 8.32 Å². The Bertz CT molecular complexity index is 387. The number of aliphatic hydroxyl groups is 1. The Labute approximate surface area is 139 Å². The molecule has 22 heavy (non-hydrogen) atoms. The van der Waals surface area contributed by atoms with Crippen LogP contribution in [0.15, 0.2) is 0 Å². The maximum absolute atomic E-state index is 9.63. The van der Waals surface area contributed by atoms with Crippen molar-refractivity contribution in [2.24, 2.45) is 23.2 Å². The Morgan fingerprint density at radius 2 is 1.86 bits per heavy atom. The molecule has 0 aromatic rings. The van der Waals surface area contributed by atoms with Crippen molar-refractivity contribution in [2.75, 3.05) is 6.61 Å². The molecule has 3 heteroatoms. The van der Waals surface area contributed by atoms with Gasteiger partial charge in [-0.25, -0.2) is 0 Å². The molecule has 2 nitrogen and oxygen atoms in total. The predicted molar refractivity (Wildman–Crippen MR) is 96.5 cm³/mol. The zero-order chi connectivity index (χ0) is 16.8. The number of hydrogen-bond donors (Lipinski definition) is 1. The third-order valence-electron chi connectivity index (χ3n) is 7.36. The molecule has 0 bridgehead atoms. The minimum absolute atomic E-state index is 0.289. The summed E-state index contributed by atoms with van der Waals surface area (Å²) in [7, 11) is -1.69. The van der Waals surface area contributed by atoms with Crippen LogP contribution in [0.5, 0.6) is 0 Å². The molecule has 2 unspecified atom stereocenters. The van der Waals surface area contributed by atoms with Crippen LogP contribution in [0.2, 0.25) is 18.1 Å². The molecule has 2 fully saturated rings. The van der Waals surface area contributed by atoms with Crippen LogP contribution < -0.4 is 0 Å². The van der Waals surface area contributed by atoms with Crippen LogP contribution in [-0.4, -0.2) is 26.1 Å². The number of aliphatic hydroxyl groups excluding tert-OH is 1. The highest BCUT2D eigenvalue weighted by atomic mass is 28.4. The van der Waals surface area contributed by atoms with E-state index in [1.54, 1.807) is 0 Å². The van der Waals surface area contributed by atoms with Crippen molar-refractivity contribution in [3.05, 3.63) is 0 Å². The van der Waals surface area contributed by atoms with Gasteiger partial charge < -0.3 is 9.53 Å². The lowest BCUT2D eigenvalue weighted by Gasteiger charge is -2.49. The van der Waals surface area contributed by atoms with Crippen LogP contribution in [0.3, 0.4) is 0 Å². The van der Waals surface area contributed by atoms with Gasteiger partial charge in [0.25, 0.3) is 0 Å². The third kappa shape index (κ3) is 3.18. The monoisotopic (exact) mass is 326 g/mol. The molecule has 0 saturated heterocycles. The van der Waals surface area contributed by atoms with Gasteiger partial charge in [-0.3, -0.25) is 0 Å². The molecule has 0 heterocycles. The summed E-state index contributed by atoms with van der Waals surface area (Å²) in [5, 5.41) is 9.92. The Kier molecular flexibility index (Phi) is 5.22. The Morgan fingerprint density at radius 3 is 2.41 bits per heavy atom. The number of hydrogen-bond acceptors (Lipinski definition) is 2. The quantitative estimate of drug-likeness (QED) is 0.718. The molecule has 0 aromatic carbocycles. The van der Waals surface area contributed by atoms with Gasteiger partial charge in [0.1, 0.15) is 0 Å². The van der Waals surface area contributed by atoms with E-state index in [9.17, 15) is 5.11 Å². The highest BCUT2D eigenvalue weighted by molar-refractivity contribution is 6.74. The highest BCUT2D eigenvalue weighted by Crippen LogP contribution is 2.59. The minimum Gasteiger partial charge on any atom is -0.414 e. The first-order valence-electron chi connectivity index (χ1n) is 9.31. The summed E-state index contributed by atoms with van der Waals surface area (Å²) in [5.41, 5.74) is 0.382. The molecule has 2 aliphatic rings. The van der Waals surface area contributed by atoms with Crippen molar-refractivity contribution in [1.29, 1.82) is 0 Å². The van der Waals surface area contributed by atoms with E-state index in [0.29, 0.717) is 35.9 Å². The van der Waals surface area contributed by atoms with Gasteiger partial charge in [0.2, 0.25) is 0 Å². The van der Waals surface area contributed by atoms with Crippen molar-refractivity contribution in [3.8, 4) is 0 Å². The molecule has 130 valence electrons. The fourth-order valence-electron chi connectivity index (χ4n) is 4.92. The molecule has 2 rings (SSSR count). The molecular formula is C19H38O2Si. The van der Waals surface area contributed by atoms with Crippen molar-refractivity contribution < 1.29 is 9.53 Å². The molecule has 0 radical (unpaired) electrons. The number of rotatable bonds is 4. The first kappa shape index (κ1) is 18.5. The summed E-state index contributed by atoms with van der Waals surface area (Å²) in [5.74, 6) is 1.81. The van der Waals surface area contributed by atoms with Gasteiger partial charge in [0.05, 0.1) is 0 Å². The minimum atomic E-state index is -1.69. The smallest absolute Gasteiger partial charge is 0.192 e. The van der Waals surface area contributed by atoms with Crippen LogP contribution in [0.1, 0.15) is 66.7 Å². The molecule has 0 spiro atoms. The normalized spacial score (nSPS) is 37.9. The van der Waals surface area contributed by atoms with Crippen molar-refractivity contribution in [2.45, 2.75) is 91.0 Å². The van der Waals surface area contributed by atoms with Gasteiger partial charge in [0, 0.05) is 12.7 Å². The van der Waals surface area contributed by atoms with E-state index in [-0.39, 0.29) is 5.04 Å². The van der Waals surface area contributed by atoms with Crippen LogP contribution in [0, 0.1) is 23.2 Å². The SMILES string of the molecule is CC(CO)[C@H]1CC[C@@H]2C(O[Si](C)(C)C(C)(C)C)CCC[C@]12C. The zero-order valence-electron chi connectivity index (χ0n) is 15.9. The fourth-order valence-corrected chi connectivity index (χ4v) is 6.31. The van der Waals surface area contributed by atoms with Gasteiger partial charge in [-0.15, -0.1) is 0 Å². The Hall–Kier alpha value is 0.137. The molecule has 2 aliphatic carbocycles. The maximum Gasteiger partial charge on any atom is 0.192 e. The maximum atomic E-state index is 9.63. The average molecular weight is 327 g/mol. The van der Waals surface area contributed by atoms with Gasteiger partial charge in [-0.05, 0) is 67.0 Å². The van der Waals surface area contributed by atoms with Gasteiger partial charge in [-0.1, -0.05) is 41.0 Å². The van der Waals surface area contributed by atoms with Crippen LogP contribution >= 0.6 is 0 Å². The van der Waals surface area contributed by atoms with Gasteiger partial charge >= 0.3 is 0 Å². The Morgan fingerprint density at radius 1 is 1.23 bits per heavy atom. The van der Waals surface area contributed by atoms with E-state index in [1.165, 1.54) is 32.1 Å². The van der Waals surface area contributed by atoms with Gasteiger partial charge in [-0.2, -0.15) is 0 Å². The lowest BCUT2D eigenvalue weighted by Crippen LogP contribution is -2.50. The molecule has 2 saturated carbocycles. The van der Waals surface area contributed by atoms with E-state index < -0.39 is 8.32 Å². The third-order valence-corrected chi connectivity index (χ3v) is 11.9. The first-order chi connectivity index (χ1) is 10.0. The van der Waals surface area contributed by atoms with E-state index in [4.69, 9.17) is 4.43 Å². The summed E-state index contributed by atoms with van der Waals surface area (Å²) < 4.78 is 6.86. The summed E-state index contributed by atoms with van der Waals surface area (Å²) in [6.07, 6.45) is 6.89. The summed E-state index contributed by atoms with van der Waals surface area (Å²) in [6.45, 7) is 16.9. The molecule has 0 aromatic heterocycles. The Balaban J connectivity index is 2.17. The second-order valence-corrected chi connectivity index (χ2v) is 14.5. The lowest BCUT2D eigenvalue weighted by molar-refractivity contribution is -0.0259.